The highest BCUT2D eigenvalue weighted by Gasteiger charge is 2.21. The number of methoxy groups -OCH3 is 1. The summed E-state index contributed by atoms with van der Waals surface area (Å²) in [5.74, 6) is 0.829. The fraction of sp³-hybridized carbons (Fsp3) is 0.533. The molecule has 20 heavy (non-hydrogen) atoms. The van der Waals surface area contributed by atoms with Crippen LogP contribution in [0.5, 0.6) is 11.5 Å². The second-order valence-corrected chi connectivity index (χ2v) is 5.28. The number of ether oxygens (including phenoxy) is 1. The van der Waals surface area contributed by atoms with Gasteiger partial charge in [-0.25, -0.2) is 0 Å². The first kappa shape index (κ1) is 14.7. The standard InChI is InChI=1S/C15H22N2O3/c1-17(10-11-4-3-7-16-9-11)15(19)13-6-5-12(20-2)8-14(13)18/h5-6,8,11,16,18H,3-4,7,9-10H2,1-2H3. The molecule has 1 aliphatic heterocycles. The molecule has 1 fully saturated rings. The van der Waals surface area contributed by atoms with E-state index in [0.29, 0.717) is 23.8 Å². The molecule has 1 atom stereocenters. The Morgan fingerprint density at radius 1 is 1.55 bits per heavy atom. The third kappa shape index (κ3) is 3.42. The van der Waals surface area contributed by atoms with Gasteiger partial charge in [0.1, 0.15) is 11.5 Å². The zero-order chi connectivity index (χ0) is 14.5. The highest BCUT2D eigenvalue weighted by molar-refractivity contribution is 5.96. The predicted molar refractivity (Wildman–Crippen MR) is 77.2 cm³/mol. The van der Waals surface area contributed by atoms with Crippen LogP contribution in [0.25, 0.3) is 0 Å². The summed E-state index contributed by atoms with van der Waals surface area (Å²) in [5.41, 5.74) is 0.317. The van der Waals surface area contributed by atoms with Gasteiger partial charge >= 0.3 is 0 Å². The van der Waals surface area contributed by atoms with Crippen LogP contribution in [0.4, 0.5) is 0 Å². The van der Waals surface area contributed by atoms with Crippen molar-refractivity contribution in [3.8, 4) is 11.5 Å². The molecular weight excluding hydrogens is 256 g/mol. The maximum absolute atomic E-state index is 12.3. The van der Waals surface area contributed by atoms with E-state index in [1.54, 1.807) is 24.1 Å². The molecule has 1 amide bonds. The third-order valence-corrected chi connectivity index (χ3v) is 3.71. The van der Waals surface area contributed by atoms with Crippen LogP contribution in [-0.2, 0) is 0 Å². The Labute approximate surface area is 119 Å². The molecule has 1 unspecified atom stereocenters. The second-order valence-electron chi connectivity index (χ2n) is 5.28. The maximum Gasteiger partial charge on any atom is 0.257 e. The van der Waals surface area contributed by atoms with Crippen LogP contribution in [0, 0.1) is 5.92 Å². The van der Waals surface area contributed by atoms with Crippen LogP contribution in [0.1, 0.15) is 23.2 Å². The van der Waals surface area contributed by atoms with Gasteiger partial charge < -0.3 is 20.1 Å². The quantitative estimate of drug-likeness (QED) is 0.875. The van der Waals surface area contributed by atoms with Gasteiger partial charge in [-0.2, -0.15) is 0 Å². The van der Waals surface area contributed by atoms with Crippen molar-refractivity contribution >= 4 is 5.91 Å². The molecule has 1 heterocycles. The smallest absolute Gasteiger partial charge is 0.257 e. The van der Waals surface area contributed by atoms with E-state index in [2.05, 4.69) is 5.32 Å². The van der Waals surface area contributed by atoms with E-state index in [-0.39, 0.29) is 11.7 Å². The van der Waals surface area contributed by atoms with Gasteiger partial charge in [0, 0.05) is 19.7 Å². The van der Waals surface area contributed by atoms with Gasteiger partial charge in [-0.1, -0.05) is 0 Å². The molecule has 0 spiro atoms. The lowest BCUT2D eigenvalue weighted by molar-refractivity contribution is 0.0761. The molecule has 1 aromatic rings. The number of amides is 1. The van der Waals surface area contributed by atoms with Crippen molar-refractivity contribution in [3.63, 3.8) is 0 Å². The van der Waals surface area contributed by atoms with Crippen molar-refractivity contribution in [1.82, 2.24) is 10.2 Å². The molecule has 2 N–H and O–H groups in total. The first-order valence-electron chi connectivity index (χ1n) is 6.95. The Hall–Kier alpha value is -1.75. The van der Waals surface area contributed by atoms with Gasteiger partial charge in [0.2, 0.25) is 0 Å². The van der Waals surface area contributed by atoms with Crippen molar-refractivity contribution in [2.45, 2.75) is 12.8 Å². The monoisotopic (exact) mass is 278 g/mol. The number of nitrogens with zero attached hydrogens (tertiary/aromatic N) is 1. The first-order valence-corrected chi connectivity index (χ1v) is 6.95. The number of carbonyl (C=O) groups is 1. The fourth-order valence-corrected chi connectivity index (χ4v) is 2.57. The minimum atomic E-state index is -0.157. The largest absolute Gasteiger partial charge is 0.507 e. The van der Waals surface area contributed by atoms with Crippen LogP contribution in [0.2, 0.25) is 0 Å². The third-order valence-electron chi connectivity index (χ3n) is 3.71. The predicted octanol–water partition coefficient (Wildman–Crippen LogP) is 1.47. The molecule has 2 rings (SSSR count). The van der Waals surface area contributed by atoms with Gasteiger partial charge in [-0.05, 0) is 44.0 Å². The molecule has 1 saturated heterocycles. The number of nitrogens with one attached hydrogen (secondary N) is 1. The van der Waals surface area contributed by atoms with E-state index < -0.39 is 0 Å². The fourth-order valence-electron chi connectivity index (χ4n) is 2.57. The number of hydrogen-bond donors (Lipinski definition) is 2. The molecule has 1 aliphatic rings. The number of phenols is 1. The average Bonchev–Trinajstić information content (AvgIpc) is 2.47. The Bertz CT molecular complexity index is 470. The van der Waals surface area contributed by atoms with Gasteiger partial charge in [0.05, 0.1) is 12.7 Å². The number of benzene rings is 1. The zero-order valence-electron chi connectivity index (χ0n) is 12.1. The Kier molecular flexibility index (Phi) is 4.84. The molecule has 0 radical (unpaired) electrons. The van der Waals surface area contributed by atoms with Gasteiger partial charge in [-0.3, -0.25) is 4.79 Å². The minimum Gasteiger partial charge on any atom is -0.507 e. The van der Waals surface area contributed by atoms with E-state index in [1.807, 2.05) is 0 Å². The van der Waals surface area contributed by atoms with Crippen LogP contribution < -0.4 is 10.1 Å². The van der Waals surface area contributed by atoms with Gasteiger partial charge in [-0.15, -0.1) is 0 Å². The van der Waals surface area contributed by atoms with Crippen LogP contribution in [-0.4, -0.2) is 49.7 Å². The number of rotatable bonds is 4. The van der Waals surface area contributed by atoms with Crippen molar-refractivity contribution in [2.75, 3.05) is 33.8 Å². The van der Waals surface area contributed by atoms with Crippen molar-refractivity contribution in [3.05, 3.63) is 23.8 Å². The van der Waals surface area contributed by atoms with E-state index in [0.717, 1.165) is 25.9 Å². The van der Waals surface area contributed by atoms with Crippen molar-refractivity contribution in [1.29, 1.82) is 0 Å². The molecule has 5 heteroatoms. The summed E-state index contributed by atoms with van der Waals surface area (Å²) < 4.78 is 5.02. The number of aromatic hydroxyl groups is 1. The number of carbonyl (C=O) groups excluding carboxylic acids is 1. The molecule has 5 nitrogen and oxygen atoms in total. The van der Waals surface area contributed by atoms with E-state index >= 15 is 0 Å². The SMILES string of the molecule is COc1ccc(C(=O)N(C)CC2CCCNC2)c(O)c1. The van der Waals surface area contributed by atoms with Gasteiger partial charge in [0.15, 0.2) is 0 Å². The maximum atomic E-state index is 12.3. The van der Waals surface area contributed by atoms with E-state index in [9.17, 15) is 9.90 Å². The number of piperidine rings is 1. The van der Waals surface area contributed by atoms with Crippen molar-refractivity contribution < 1.29 is 14.6 Å². The first-order chi connectivity index (χ1) is 9.61. The Morgan fingerprint density at radius 2 is 2.35 bits per heavy atom. The summed E-state index contributed by atoms with van der Waals surface area (Å²) in [7, 11) is 3.30. The van der Waals surface area contributed by atoms with Gasteiger partial charge in [0.25, 0.3) is 5.91 Å². The molecule has 0 bridgehead atoms. The molecule has 0 aliphatic carbocycles. The van der Waals surface area contributed by atoms with Crippen LogP contribution in [0.15, 0.2) is 18.2 Å². The second kappa shape index (κ2) is 6.61. The minimum absolute atomic E-state index is 0.0389. The average molecular weight is 278 g/mol. The highest BCUT2D eigenvalue weighted by Crippen LogP contribution is 2.24. The number of phenolic OH excluding ortho intramolecular Hbond substituents is 1. The Balaban J connectivity index is 2.02. The lowest BCUT2D eigenvalue weighted by atomic mass is 9.99. The van der Waals surface area contributed by atoms with E-state index in [1.165, 1.54) is 13.2 Å². The number of hydrogen-bond acceptors (Lipinski definition) is 4. The lowest BCUT2D eigenvalue weighted by Crippen LogP contribution is -2.39. The summed E-state index contributed by atoms with van der Waals surface area (Å²) in [6, 6.07) is 4.75. The topological polar surface area (TPSA) is 61.8 Å². The molecule has 0 aromatic heterocycles. The molecule has 1 aromatic carbocycles. The summed E-state index contributed by atoms with van der Waals surface area (Å²) in [5, 5.41) is 13.2. The lowest BCUT2D eigenvalue weighted by Gasteiger charge is -2.27. The summed E-state index contributed by atoms with van der Waals surface area (Å²) in [6.45, 7) is 2.72. The van der Waals surface area contributed by atoms with Crippen LogP contribution >= 0.6 is 0 Å². The highest BCUT2D eigenvalue weighted by atomic mass is 16.5. The summed E-state index contributed by atoms with van der Waals surface area (Å²) in [6.07, 6.45) is 2.29. The Morgan fingerprint density at radius 3 is 2.95 bits per heavy atom. The summed E-state index contributed by atoms with van der Waals surface area (Å²) in [4.78, 5) is 14.0. The molecule has 0 saturated carbocycles. The van der Waals surface area contributed by atoms with Crippen molar-refractivity contribution in [2.24, 2.45) is 5.92 Å². The van der Waals surface area contributed by atoms with Crippen LogP contribution in [0.3, 0.4) is 0 Å². The summed E-state index contributed by atoms with van der Waals surface area (Å²) >= 11 is 0. The van der Waals surface area contributed by atoms with E-state index in [4.69, 9.17) is 4.74 Å². The molecule has 110 valence electrons. The zero-order valence-corrected chi connectivity index (χ0v) is 12.1. The normalized spacial score (nSPS) is 18.6. The molecular formula is C15H22N2O3.